The molecule has 0 unspecified atom stereocenters. The molecule has 102 valence electrons. The molecule has 0 aliphatic rings. The van der Waals surface area contributed by atoms with Crippen LogP contribution in [0, 0.1) is 6.92 Å². The van der Waals surface area contributed by atoms with Crippen LogP contribution in [0.15, 0.2) is 30.3 Å². The molecule has 2 rings (SSSR count). The van der Waals surface area contributed by atoms with Gasteiger partial charge in [-0.15, -0.1) is 0 Å². The predicted molar refractivity (Wildman–Crippen MR) is 76.5 cm³/mol. The number of nitrogens with zero attached hydrogens (tertiary/aromatic N) is 2. The highest BCUT2D eigenvalue weighted by atomic mass is 32.2. The van der Waals surface area contributed by atoms with Gasteiger partial charge in [-0.3, -0.25) is 0 Å². The van der Waals surface area contributed by atoms with Crippen molar-refractivity contribution < 1.29 is 8.42 Å². The summed E-state index contributed by atoms with van der Waals surface area (Å²) in [6, 6.07) is 9.69. The number of aromatic nitrogens is 2. The molecular formula is C13H17N3O2S. The molecule has 0 amide bonds. The minimum absolute atomic E-state index is 0.0339. The first-order valence-corrected chi connectivity index (χ1v) is 7.99. The van der Waals surface area contributed by atoms with E-state index in [9.17, 15) is 8.42 Å². The van der Waals surface area contributed by atoms with E-state index < -0.39 is 9.84 Å². The lowest BCUT2D eigenvalue weighted by Crippen LogP contribution is -2.13. The van der Waals surface area contributed by atoms with E-state index in [2.05, 4.69) is 5.10 Å². The highest BCUT2D eigenvalue weighted by molar-refractivity contribution is 7.90. The van der Waals surface area contributed by atoms with E-state index in [4.69, 9.17) is 5.73 Å². The maximum absolute atomic E-state index is 11.2. The van der Waals surface area contributed by atoms with Crippen LogP contribution in [-0.4, -0.2) is 30.2 Å². The lowest BCUT2D eigenvalue weighted by molar-refractivity contribution is 0.588. The standard InChI is InChI=1S/C13H17N3O2S/c1-10-4-3-5-11(8-10)12-9-13(14)16(15-12)6-7-19(2,17)18/h3-5,8-9H,6-7,14H2,1-2H3. The molecule has 2 N–H and O–H groups in total. The molecule has 1 heterocycles. The average molecular weight is 279 g/mol. The van der Waals surface area contributed by atoms with Crippen molar-refractivity contribution in [3.05, 3.63) is 35.9 Å². The first-order valence-electron chi connectivity index (χ1n) is 5.93. The summed E-state index contributed by atoms with van der Waals surface area (Å²) in [4.78, 5) is 0. The van der Waals surface area contributed by atoms with Crippen LogP contribution in [-0.2, 0) is 16.4 Å². The van der Waals surface area contributed by atoms with E-state index in [0.29, 0.717) is 5.82 Å². The van der Waals surface area contributed by atoms with Gasteiger partial charge in [0.05, 0.1) is 18.0 Å². The topological polar surface area (TPSA) is 78.0 Å². The molecule has 1 aromatic heterocycles. The second kappa shape index (κ2) is 5.05. The Bertz CT molecular complexity index is 690. The third kappa shape index (κ3) is 3.57. The zero-order valence-electron chi connectivity index (χ0n) is 11.0. The Morgan fingerprint density at radius 3 is 2.68 bits per heavy atom. The van der Waals surface area contributed by atoms with Crippen LogP contribution in [0.25, 0.3) is 11.3 Å². The van der Waals surface area contributed by atoms with Crippen LogP contribution >= 0.6 is 0 Å². The van der Waals surface area contributed by atoms with Crippen molar-refractivity contribution in [1.29, 1.82) is 0 Å². The number of rotatable bonds is 4. The van der Waals surface area contributed by atoms with Crippen molar-refractivity contribution in [2.24, 2.45) is 0 Å². The number of hydrogen-bond acceptors (Lipinski definition) is 4. The van der Waals surface area contributed by atoms with Crippen LogP contribution in [0.2, 0.25) is 0 Å². The second-order valence-corrected chi connectivity index (χ2v) is 6.94. The molecule has 2 aromatic rings. The Kier molecular flexibility index (Phi) is 3.61. The van der Waals surface area contributed by atoms with Crippen molar-refractivity contribution in [1.82, 2.24) is 9.78 Å². The van der Waals surface area contributed by atoms with Gasteiger partial charge in [-0.2, -0.15) is 5.10 Å². The maximum Gasteiger partial charge on any atom is 0.149 e. The third-order valence-corrected chi connectivity index (χ3v) is 3.72. The van der Waals surface area contributed by atoms with Crippen LogP contribution in [0.5, 0.6) is 0 Å². The normalized spacial score (nSPS) is 11.7. The minimum Gasteiger partial charge on any atom is -0.384 e. The molecule has 6 heteroatoms. The Morgan fingerprint density at radius 1 is 1.32 bits per heavy atom. The second-order valence-electron chi connectivity index (χ2n) is 4.68. The van der Waals surface area contributed by atoms with Gasteiger partial charge >= 0.3 is 0 Å². The van der Waals surface area contributed by atoms with Crippen LogP contribution in [0.3, 0.4) is 0 Å². The number of nitrogens with two attached hydrogens (primary N) is 1. The summed E-state index contributed by atoms with van der Waals surface area (Å²) < 4.78 is 23.8. The molecule has 0 bridgehead atoms. The summed E-state index contributed by atoms with van der Waals surface area (Å²) in [5, 5.41) is 4.35. The fraction of sp³-hybridized carbons (Fsp3) is 0.308. The van der Waals surface area contributed by atoms with E-state index in [1.165, 1.54) is 10.9 Å². The smallest absolute Gasteiger partial charge is 0.149 e. The Hall–Kier alpha value is -1.82. The molecule has 0 spiro atoms. The quantitative estimate of drug-likeness (QED) is 0.919. The number of sulfone groups is 1. The maximum atomic E-state index is 11.2. The molecular weight excluding hydrogens is 262 g/mol. The zero-order chi connectivity index (χ0) is 14.0. The van der Waals surface area contributed by atoms with Gasteiger partial charge in [-0.25, -0.2) is 13.1 Å². The van der Waals surface area contributed by atoms with Crippen LogP contribution in [0.1, 0.15) is 5.56 Å². The Morgan fingerprint density at radius 2 is 2.05 bits per heavy atom. The Labute approximate surface area is 113 Å². The van der Waals surface area contributed by atoms with Crippen molar-refractivity contribution in [2.45, 2.75) is 13.5 Å². The van der Waals surface area contributed by atoms with Gasteiger partial charge in [-0.05, 0) is 13.0 Å². The summed E-state index contributed by atoms with van der Waals surface area (Å²) in [7, 11) is -3.02. The lowest BCUT2D eigenvalue weighted by atomic mass is 10.1. The molecule has 19 heavy (non-hydrogen) atoms. The summed E-state index contributed by atoms with van der Waals surface area (Å²) in [6.45, 7) is 2.28. The number of nitrogen functional groups attached to an aromatic ring is 1. The van der Waals surface area contributed by atoms with Crippen LogP contribution in [0.4, 0.5) is 5.82 Å². The molecule has 1 aromatic carbocycles. The van der Waals surface area contributed by atoms with Gasteiger partial charge in [0.25, 0.3) is 0 Å². The molecule has 0 saturated heterocycles. The van der Waals surface area contributed by atoms with Gasteiger partial charge in [-0.1, -0.05) is 23.8 Å². The van der Waals surface area contributed by atoms with Gasteiger partial charge < -0.3 is 5.73 Å². The average Bonchev–Trinajstić information content (AvgIpc) is 2.67. The van der Waals surface area contributed by atoms with E-state index in [1.807, 2.05) is 31.2 Å². The first-order chi connectivity index (χ1) is 8.85. The third-order valence-electron chi connectivity index (χ3n) is 2.80. The highest BCUT2D eigenvalue weighted by Gasteiger charge is 2.09. The van der Waals surface area contributed by atoms with E-state index >= 15 is 0 Å². The monoisotopic (exact) mass is 279 g/mol. The summed E-state index contributed by atoms with van der Waals surface area (Å²) >= 11 is 0. The van der Waals surface area contributed by atoms with Crippen LogP contribution < -0.4 is 5.73 Å². The molecule has 0 fully saturated rings. The molecule has 5 nitrogen and oxygen atoms in total. The largest absolute Gasteiger partial charge is 0.384 e. The van der Waals surface area contributed by atoms with Crippen molar-refractivity contribution in [2.75, 3.05) is 17.7 Å². The number of hydrogen-bond donors (Lipinski definition) is 1. The summed E-state index contributed by atoms with van der Waals surface area (Å²) in [6.07, 6.45) is 1.20. The van der Waals surface area contributed by atoms with Crippen molar-refractivity contribution in [3.63, 3.8) is 0 Å². The van der Waals surface area contributed by atoms with Gasteiger partial charge in [0.15, 0.2) is 0 Å². The van der Waals surface area contributed by atoms with E-state index in [1.54, 1.807) is 6.07 Å². The van der Waals surface area contributed by atoms with E-state index in [0.717, 1.165) is 16.8 Å². The molecule has 0 aliphatic carbocycles. The molecule has 0 atom stereocenters. The molecule has 0 radical (unpaired) electrons. The SMILES string of the molecule is Cc1cccc(-c2cc(N)n(CCS(C)(=O)=O)n2)c1. The van der Waals surface area contributed by atoms with Gasteiger partial charge in [0, 0.05) is 17.9 Å². The molecule has 0 saturated carbocycles. The number of benzene rings is 1. The lowest BCUT2D eigenvalue weighted by Gasteiger charge is -2.02. The fourth-order valence-electron chi connectivity index (χ4n) is 1.81. The minimum atomic E-state index is -3.02. The zero-order valence-corrected chi connectivity index (χ0v) is 11.8. The Balaban J connectivity index is 2.26. The first kappa shape index (κ1) is 13.6. The number of aryl methyl sites for hydroxylation is 2. The molecule has 0 aliphatic heterocycles. The number of anilines is 1. The van der Waals surface area contributed by atoms with Crippen molar-refractivity contribution >= 4 is 15.7 Å². The summed E-state index contributed by atoms with van der Waals surface area (Å²) in [5.41, 5.74) is 8.73. The van der Waals surface area contributed by atoms with Crippen molar-refractivity contribution in [3.8, 4) is 11.3 Å². The van der Waals surface area contributed by atoms with E-state index in [-0.39, 0.29) is 12.3 Å². The van der Waals surface area contributed by atoms with Gasteiger partial charge in [0.1, 0.15) is 15.7 Å². The van der Waals surface area contributed by atoms with Gasteiger partial charge in [0.2, 0.25) is 0 Å². The highest BCUT2D eigenvalue weighted by Crippen LogP contribution is 2.21. The fourth-order valence-corrected chi connectivity index (χ4v) is 2.31. The summed E-state index contributed by atoms with van der Waals surface area (Å²) in [5.74, 6) is 0.506. The predicted octanol–water partition coefficient (Wildman–Crippen LogP) is 1.49.